The van der Waals surface area contributed by atoms with Gasteiger partial charge in [-0.25, -0.2) is 0 Å². The summed E-state index contributed by atoms with van der Waals surface area (Å²) in [6, 6.07) is 8.25. The van der Waals surface area contributed by atoms with Crippen LogP contribution in [0.4, 0.5) is 0 Å². The maximum atomic E-state index is 10.2. The third-order valence-electron chi connectivity index (χ3n) is 4.26. The van der Waals surface area contributed by atoms with E-state index in [0.29, 0.717) is 0 Å². The first-order valence-electron chi connectivity index (χ1n) is 8.98. The molecule has 0 spiro atoms. The number of aliphatic hydroxyl groups is 1. The molecule has 1 unspecified atom stereocenters. The van der Waals surface area contributed by atoms with Gasteiger partial charge in [0.25, 0.3) is 0 Å². The summed E-state index contributed by atoms with van der Waals surface area (Å²) in [7, 11) is 0. The molecule has 0 aliphatic rings. The van der Waals surface area contributed by atoms with Crippen LogP contribution in [0.15, 0.2) is 24.3 Å². The minimum absolute atomic E-state index is 0.279. The molecule has 1 atom stereocenters. The van der Waals surface area contributed by atoms with Crippen LogP contribution in [0.2, 0.25) is 0 Å². The van der Waals surface area contributed by atoms with Crippen molar-refractivity contribution in [3.63, 3.8) is 0 Å². The van der Waals surface area contributed by atoms with Gasteiger partial charge in [-0.3, -0.25) is 0 Å². The lowest BCUT2D eigenvalue weighted by Gasteiger charge is -2.11. The van der Waals surface area contributed by atoms with E-state index in [9.17, 15) is 5.11 Å². The Hall–Kier alpha value is -0.820. The Balaban J connectivity index is 1.96. The predicted molar refractivity (Wildman–Crippen MR) is 92.6 cm³/mol. The van der Waals surface area contributed by atoms with E-state index in [0.717, 1.165) is 18.4 Å². The Labute approximate surface area is 131 Å². The summed E-state index contributed by atoms with van der Waals surface area (Å²) in [4.78, 5) is 0. The van der Waals surface area contributed by atoms with Gasteiger partial charge in [0.2, 0.25) is 0 Å². The zero-order chi connectivity index (χ0) is 15.3. The van der Waals surface area contributed by atoms with Crippen molar-refractivity contribution in [1.82, 2.24) is 0 Å². The lowest BCUT2D eigenvalue weighted by atomic mass is 10.0. The van der Waals surface area contributed by atoms with Gasteiger partial charge < -0.3 is 5.11 Å². The molecule has 1 nitrogen and oxygen atoms in total. The monoisotopic (exact) mass is 290 g/mol. The Bertz CT molecular complexity index is 359. The summed E-state index contributed by atoms with van der Waals surface area (Å²) in [6.07, 6.45) is 14.1. The van der Waals surface area contributed by atoms with Crippen molar-refractivity contribution in [1.29, 1.82) is 0 Å². The largest absolute Gasteiger partial charge is 0.388 e. The molecule has 0 radical (unpaired) electrons. The highest BCUT2D eigenvalue weighted by atomic mass is 16.3. The van der Waals surface area contributed by atoms with Gasteiger partial charge in [0.1, 0.15) is 0 Å². The fourth-order valence-corrected chi connectivity index (χ4v) is 2.87. The van der Waals surface area contributed by atoms with Crippen molar-refractivity contribution in [2.75, 3.05) is 0 Å². The second kappa shape index (κ2) is 11.8. The average Bonchev–Trinajstić information content (AvgIpc) is 2.49. The Morgan fingerprint density at radius 2 is 1.43 bits per heavy atom. The Kier molecular flexibility index (Phi) is 10.2. The number of hydrogen-bond donors (Lipinski definition) is 1. The van der Waals surface area contributed by atoms with E-state index in [4.69, 9.17) is 0 Å². The van der Waals surface area contributed by atoms with E-state index >= 15 is 0 Å². The van der Waals surface area contributed by atoms with E-state index in [1.54, 1.807) is 0 Å². The lowest BCUT2D eigenvalue weighted by molar-refractivity contribution is 0.163. The number of unbranched alkanes of at least 4 members (excludes halogenated alkanes) is 9. The number of benzene rings is 1. The van der Waals surface area contributed by atoms with Crippen molar-refractivity contribution in [2.24, 2.45) is 0 Å². The van der Waals surface area contributed by atoms with Gasteiger partial charge in [-0.05, 0) is 18.9 Å². The Morgan fingerprint density at radius 3 is 2.00 bits per heavy atom. The summed E-state index contributed by atoms with van der Waals surface area (Å²) < 4.78 is 0. The molecule has 0 bridgehead atoms. The van der Waals surface area contributed by atoms with Crippen LogP contribution >= 0.6 is 0 Å². The topological polar surface area (TPSA) is 20.2 Å². The highest BCUT2D eigenvalue weighted by molar-refractivity contribution is 5.23. The fraction of sp³-hybridized carbons (Fsp3) is 0.700. The molecule has 1 aromatic rings. The van der Waals surface area contributed by atoms with Crippen LogP contribution in [0, 0.1) is 6.92 Å². The molecule has 0 aliphatic heterocycles. The van der Waals surface area contributed by atoms with Gasteiger partial charge in [-0.1, -0.05) is 101 Å². The molecule has 0 saturated heterocycles. The maximum Gasteiger partial charge on any atom is 0.0790 e. The van der Waals surface area contributed by atoms with Gasteiger partial charge >= 0.3 is 0 Å². The van der Waals surface area contributed by atoms with E-state index < -0.39 is 0 Å². The highest BCUT2D eigenvalue weighted by Gasteiger charge is 2.06. The highest BCUT2D eigenvalue weighted by Crippen LogP contribution is 2.21. The summed E-state index contributed by atoms with van der Waals surface area (Å²) in [5.41, 5.74) is 2.31. The molecule has 1 heteroatoms. The van der Waals surface area contributed by atoms with Crippen LogP contribution in [-0.2, 0) is 0 Å². The zero-order valence-corrected chi connectivity index (χ0v) is 14.1. The van der Waals surface area contributed by atoms with E-state index in [-0.39, 0.29) is 6.10 Å². The summed E-state index contributed by atoms with van der Waals surface area (Å²) in [5, 5.41) is 10.2. The molecular weight excluding hydrogens is 256 g/mol. The molecule has 0 amide bonds. The molecule has 0 aromatic heterocycles. The first-order valence-corrected chi connectivity index (χ1v) is 8.98. The lowest BCUT2D eigenvalue weighted by Crippen LogP contribution is -1.97. The van der Waals surface area contributed by atoms with Crippen LogP contribution in [-0.4, -0.2) is 5.11 Å². The minimum Gasteiger partial charge on any atom is -0.388 e. The summed E-state index contributed by atoms with van der Waals surface area (Å²) in [6.45, 7) is 4.35. The fourth-order valence-electron chi connectivity index (χ4n) is 2.87. The maximum absolute atomic E-state index is 10.2. The van der Waals surface area contributed by atoms with Gasteiger partial charge in [-0.15, -0.1) is 0 Å². The van der Waals surface area contributed by atoms with Gasteiger partial charge in [-0.2, -0.15) is 0 Å². The van der Waals surface area contributed by atoms with Crippen LogP contribution in [0.1, 0.15) is 94.8 Å². The summed E-state index contributed by atoms with van der Waals surface area (Å²) in [5.74, 6) is 0. The first kappa shape index (κ1) is 18.2. The summed E-state index contributed by atoms with van der Waals surface area (Å²) >= 11 is 0. The number of rotatable bonds is 12. The number of hydrogen-bond acceptors (Lipinski definition) is 1. The van der Waals surface area contributed by atoms with Gasteiger partial charge in [0.15, 0.2) is 0 Å². The SMILES string of the molecule is CCCCCCCCCCCCC(O)c1cccc(C)c1. The zero-order valence-electron chi connectivity index (χ0n) is 14.1. The first-order chi connectivity index (χ1) is 10.2. The molecule has 0 heterocycles. The van der Waals surface area contributed by atoms with Crippen molar-refractivity contribution in [2.45, 2.75) is 90.6 Å². The molecule has 120 valence electrons. The second-order valence-corrected chi connectivity index (χ2v) is 6.40. The van der Waals surface area contributed by atoms with Gasteiger partial charge in [0.05, 0.1) is 6.10 Å². The molecular formula is C20H34O. The van der Waals surface area contributed by atoms with Crippen molar-refractivity contribution >= 4 is 0 Å². The van der Waals surface area contributed by atoms with Crippen LogP contribution in [0.5, 0.6) is 0 Å². The second-order valence-electron chi connectivity index (χ2n) is 6.40. The van der Waals surface area contributed by atoms with Crippen LogP contribution in [0.25, 0.3) is 0 Å². The van der Waals surface area contributed by atoms with E-state index in [1.165, 1.54) is 63.4 Å². The third-order valence-corrected chi connectivity index (χ3v) is 4.26. The quantitative estimate of drug-likeness (QED) is 0.445. The number of aliphatic hydroxyl groups excluding tert-OH is 1. The average molecular weight is 290 g/mol. The number of aryl methyl sites for hydroxylation is 1. The minimum atomic E-state index is -0.279. The van der Waals surface area contributed by atoms with E-state index in [1.807, 2.05) is 12.1 Å². The molecule has 0 aliphatic carbocycles. The van der Waals surface area contributed by atoms with Gasteiger partial charge in [0, 0.05) is 0 Å². The molecule has 1 N–H and O–H groups in total. The molecule has 0 saturated carbocycles. The standard InChI is InChI=1S/C20H34O/c1-3-4-5-6-7-8-9-10-11-12-16-20(21)19-15-13-14-18(2)17-19/h13-15,17,20-21H,3-12,16H2,1-2H3. The smallest absolute Gasteiger partial charge is 0.0790 e. The molecule has 1 rings (SSSR count). The Morgan fingerprint density at radius 1 is 0.857 bits per heavy atom. The van der Waals surface area contributed by atoms with Crippen molar-refractivity contribution < 1.29 is 5.11 Å². The molecule has 0 fully saturated rings. The van der Waals surface area contributed by atoms with Crippen LogP contribution < -0.4 is 0 Å². The van der Waals surface area contributed by atoms with Crippen molar-refractivity contribution in [3.8, 4) is 0 Å². The normalized spacial score (nSPS) is 12.5. The third kappa shape index (κ3) is 8.93. The van der Waals surface area contributed by atoms with E-state index in [2.05, 4.69) is 26.0 Å². The molecule has 1 aromatic carbocycles. The van der Waals surface area contributed by atoms with Crippen LogP contribution in [0.3, 0.4) is 0 Å². The van der Waals surface area contributed by atoms with Crippen molar-refractivity contribution in [3.05, 3.63) is 35.4 Å². The molecule has 21 heavy (non-hydrogen) atoms. The predicted octanol–water partition coefficient (Wildman–Crippen LogP) is 6.34.